The Labute approximate surface area is 71.1 Å². The first-order valence-electron chi connectivity index (χ1n) is 1.62. The Morgan fingerprint density at radius 3 is 2.14 bits per heavy atom. The Morgan fingerprint density at radius 2 is 2.14 bits per heavy atom. The summed E-state index contributed by atoms with van der Waals surface area (Å²) in [6.07, 6.45) is 0. The molecule has 40 valence electrons. The average molecular weight is 359 g/mol. The second-order valence-electron chi connectivity index (χ2n) is 0.779. The van der Waals surface area contributed by atoms with Crippen LogP contribution >= 0.6 is 0 Å². The van der Waals surface area contributed by atoms with E-state index in [1.807, 2.05) is 7.05 Å². The van der Waals surface area contributed by atoms with Crippen molar-refractivity contribution in [2.75, 3.05) is 14.1 Å². The van der Waals surface area contributed by atoms with E-state index in [9.17, 15) is 0 Å². The van der Waals surface area contributed by atoms with Crippen LogP contribution in [-0.4, -0.2) is 61.0 Å². The first kappa shape index (κ1) is 10.8. The molecule has 0 saturated heterocycles. The molecule has 0 bridgehead atoms. The second-order valence-corrected chi connectivity index (χ2v) is 1.59. The molecule has 1 N–H and O–H groups in total. The largest absolute Gasteiger partial charge is 0 e. The van der Waals surface area contributed by atoms with E-state index < -0.39 is 0 Å². The second kappa shape index (κ2) is 6.87. The van der Waals surface area contributed by atoms with E-state index in [4.69, 9.17) is 0 Å². The minimum absolute atomic E-state index is 0. The van der Waals surface area contributed by atoms with Crippen LogP contribution in [0, 0.1) is 0 Å². The molecule has 0 aromatic carbocycles. The molecule has 0 aliphatic heterocycles. The zero-order chi connectivity index (χ0) is 4.99. The Hall–Kier alpha value is 0.873. The van der Waals surface area contributed by atoms with Crippen LogP contribution in [0.25, 0.3) is 0 Å². The molecule has 4 heteroatoms. The molecule has 0 aliphatic carbocycles. The van der Waals surface area contributed by atoms with Gasteiger partial charge in [-0.3, -0.25) is 0 Å². The minimum Gasteiger partial charge on any atom is 0 e. The minimum atomic E-state index is 0. The average Bonchev–Trinajstić information content (AvgIpc) is 1.65. The fourth-order valence-electron chi connectivity index (χ4n) is 0.112. The fraction of sp³-hybridized carbons (Fsp3) is 0.667. The molecule has 0 heterocycles. The van der Waals surface area contributed by atoms with Gasteiger partial charge in [0.2, 0.25) is 0 Å². The van der Waals surface area contributed by atoms with Crippen molar-refractivity contribution in [3.8, 4) is 0 Å². The third kappa shape index (κ3) is 6.87. The number of aliphatic imine (C=N–C) groups is 1. The van der Waals surface area contributed by atoms with Crippen LogP contribution in [-0.2, 0) is 0 Å². The van der Waals surface area contributed by atoms with Crippen molar-refractivity contribution in [2.45, 2.75) is 0 Å². The maximum Gasteiger partial charge on any atom is 0 e. The van der Waals surface area contributed by atoms with Crippen LogP contribution in [0.5, 0.6) is 0 Å². The van der Waals surface area contributed by atoms with Gasteiger partial charge in [-0.05, 0) is 0 Å². The number of amidine groups is 1. The molecule has 0 aromatic heterocycles. The Bertz CT molecular complexity index is 64.0. The molecule has 0 amide bonds. The van der Waals surface area contributed by atoms with Crippen LogP contribution in [0.1, 0.15) is 0 Å². The summed E-state index contributed by atoms with van der Waals surface area (Å²) in [5.41, 5.74) is 0. The van der Waals surface area contributed by atoms with Gasteiger partial charge >= 0.3 is 45.2 Å². The van der Waals surface area contributed by atoms with E-state index in [-0.39, 0.29) is 26.2 Å². The van der Waals surface area contributed by atoms with Gasteiger partial charge in [-0.1, -0.05) is 0 Å². The fourth-order valence-corrected chi connectivity index (χ4v) is 0.112. The van der Waals surface area contributed by atoms with Crippen LogP contribution in [0.2, 0.25) is 0 Å². The summed E-state index contributed by atoms with van der Waals surface area (Å²) in [5, 5.41) is 2.81. The molecular formula is C3H7BiN2Se. The maximum absolute atomic E-state index is 3.76. The van der Waals surface area contributed by atoms with E-state index in [1.165, 1.54) is 0 Å². The number of rotatable bonds is 0. The van der Waals surface area contributed by atoms with E-state index in [0.717, 1.165) is 4.73 Å². The molecule has 0 atom stereocenters. The smallest absolute Gasteiger partial charge is 0 e. The van der Waals surface area contributed by atoms with Gasteiger partial charge in [0.25, 0.3) is 0 Å². The Morgan fingerprint density at radius 1 is 1.71 bits per heavy atom. The van der Waals surface area contributed by atoms with E-state index in [2.05, 4.69) is 26.3 Å². The first-order chi connectivity index (χ1) is 2.81. The van der Waals surface area contributed by atoms with E-state index in [1.54, 1.807) is 7.05 Å². The number of hydrogen-bond donors (Lipinski definition) is 1. The van der Waals surface area contributed by atoms with Crippen molar-refractivity contribution < 1.29 is 0 Å². The van der Waals surface area contributed by atoms with Crippen LogP contribution in [0.15, 0.2) is 4.99 Å². The standard InChI is InChI=1S/C3H7N2Se.Bi/c1-4-3(6)5-2;/h1-2H3,(H,4,5);. The molecule has 0 fully saturated rings. The van der Waals surface area contributed by atoms with Gasteiger partial charge in [0.15, 0.2) is 0 Å². The number of nitrogens with one attached hydrogen (secondary N) is 1. The predicted octanol–water partition coefficient (Wildman–Crippen LogP) is -1.02. The molecular weight excluding hydrogens is 352 g/mol. The van der Waals surface area contributed by atoms with Crippen molar-refractivity contribution in [3.05, 3.63) is 0 Å². The van der Waals surface area contributed by atoms with Crippen molar-refractivity contribution in [1.82, 2.24) is 5.32 Å². The molecule has 0 aromatic rings. The van der Waals surface area contributed by atoms with Gasteiger partial charge in [0, 0.05) is 26.2 Å². The Kier molecular flexibility index (Phi) is 10.6. The zero-order valence-electron chi connectivity index (χ0n) is 4.30. The van der Waals surface area contributed by atoms with Crippen LogP contribution < -0.4 is 5.32 Å². The molecule has 0 spiro atoms. The third-order valence-electron chi connectivity index (χ3n) is 0.417. The molecule has 0 unspecified atom stereocenters. The topological polar surface area (TPSA) is 24.4 Å². The zero-order valence-corrected chi connectivity index (χ0v) is 9.49. The third-order valence-corrected chi connectivity index (χ3v) is 1.23. The molecule has 2 nitrogen and oxygen atoms in total. The number of nitrogens with zero attached hydrogens (tertiary/aromatic N) is 1. The predicted molar refractivity (Wildman–Crippen MR) is 33.9 cm³/mol. The van der Waals surface area contributed by atoms with Gasteiger partial charge in [-0.15, -0.1) is 0 Å². The van der Waals surface area contributed by atoms with E-state index >= 15 is 0 Å². The van der Waals surface area contributed by atoms with Crippen molar-refractivity contribution in [3.63, 3.8) is 0 Å². The molecule has 0 rings (SSSR count). The maximum atomic E-state index is 3.76. The summed E-state index contributed by atoms with van der Waals surface area (Å²) >= 11 is 2.72. The molecule has 4 radical (unpaired) electrons. The van der Waals surface area contributed by atoms with Crippen molar-refractivity contribution >= 4 is 47.0 Å². The molecule has 0 saturated carbocycles. The summed E-state index contributed by atoms with van der Waals surface area (Å²) in [5.74, 6) is 0. The summed E-state index contributed by atoms with van der Waals surface area (Å²) in [6, 6.07) is 0. The molecule has 0 aliphatic rings. The SMILES string of the molecule is CN=C([Se])NC.[Bi]. The van der Waals surface area contributed by atoms with Crippen molar-refractivity contribution in [2.24, 2.45) is 4.99 Å². The molecule has 7 heavy (non-hydrogen) atoms. The normalized spacial score (nSPS) is 9.71. The van der Waals surface area contributed by atoms with Gasteiger partial charge in [0.1, 0.15) is 0 Å². The summed E-state index contributed by atoms with van der Waals surface area (Å²) in [6.45, 7) is 0. The Balaban J connectivity index is 0. The first-order valence-corrected chi connectivity index (χ1v) is 2.48. The van der Waals surface area contributed by atoms with Gasteiger partial charge in [0.05, 0.1) is 0 Å². The quantitative estimate of drug-likeness (QED) is 0.334. The van der Waals surface area contributed by atoms with Gasteiger partial charge in [-0.2, -0.15) is 0 Å². The van der Waals surface area contributed by atoms with Crippen LogP contribution in [0.4, 0.5) is 0 Å². The summed E-state index contributed by atoms with van der Waals surface area (Å²) < 4.78 is 0.843. The van der Waals surface area contributed by atoms with Gasteiger partial charge in [-0.25, -0.2) is 0 Å². The van der Waals surface area contributed by atoms with E-state index in [0.29, 0.717) is 0 Å². The van der Waals surface area contributed by atoms with Crippen molar-refractivity contribution in [1.29, 1.82) is 0 Å². The summed E-state index contributed by atoms with van der Waals surface area (Å²) in [4.78, 5) is 3.76. The monoisotopic (exact) mass is 360 g/mol. The summed E-state index contributed by atoms with van der Waals surface area (Å²) in [7, 11) is 3.54. The number of hydrogen-bond acceptors (Lipinski definition) is 1. The van der Waals surface area contributed by atoms with Gasteiger partial charge < -0.3 is 0 Å². The van der Waals surface area contributed by atoms with Crippen LogP contribution in [0.3, 0.4) is 0 Å².